The van der Waals surface area contributed by atoms with Gasteiger partial charge in [0, 0.05) is 11.2 Å². The quantitative estimate of drug-likeness (QED) is 0.509. The molecule has 1 N–H and O–H groups in total. The van der Waals surface area contributed by atoms with Gasteiger partial charge < -0.3 is 14.6 Å². The van der Waals surface area contributed by atoms with E-state index in [-0.39, 0.29) is 5.56 Å². The van der Waals surface area contributed by atoms with Gasteiger partial charge in [0.1, 0.15) is 6.61 Å². The molecule has 3 aromatic carbocycles. The molecular weight excluding hydrogens is 390 g/mol. The Morgan fingerprint density at radius 3 is 2.52 bits per heavy atom. The second-order valence-electron chi connectivity index (χ2n) is 6.39. The number of carboxylic acid groups (broad SMARTS) is 1. The van der Waals surface area contributed by atoms with Crippen molar-refractivity contribution in [3.05, 3.63) is 87.9 Å². The summed E-state index contributed by atoms with van der Waals surface area (Å²) in [6.07, 6.45) is 1.75. The van der Waals surface area contributed by atoms with Crippen LogP contribution in [0.1, 0.15) is 27.0 Å². The normalized spacial score (nSPS) is 10.9. The number of hydrogen-bond donors (Lipinski definition) is 1. The molecule has 0 amide bonds. The highest BCUT2D eigenvalue weighted by molar-refractivity contribution is 6.30. The highest BCUT2D eigenvalue weighted by Gasteiger charge is 2.07. The lowest BCUT2D eigenvalue weighted by atomic mass is 10.1. The Morgan fingerprint density at radius 1 is 1.07 bits per heavy atom. The van der Waals surface area contributed by atoms with Gasteiger partial charge in [-0.05, 0) is 66.1 Å². The van der Waals surface area contributed by atoms with Crippen molar-refractivity contribution in [3.8, 4) is 11.5 Å². The number of carbonyl (C=O) groups is 1. The number of carboxylic acids is 1. The molecule has 0 bridgehead atoms. The summed E-state index contributed by atoms with van der Waals surface area (Å²) >= 11 is 6.04. The minimum atomic E-state index is -0.954. The molecule has 0 aliphatic carbocycles. The molecule has 0 fully saturated rings. The Kier molecular flexibility index (Phi) is 6.52. The summed E-state index contributed by atoms with van der Waals surface area (Å²) in [5, 5.41) is 9.60. The number of ether oxygens (including phenoxy) is 2. The van der Waals surface area contributed by atoms with Gasteiger partial charge in [-0.2, -0.15) is 0 Å². The van der Waals surface area contributed by atoms with Crippen LogP contribution in [0.25, 0.3) is 0 Å². The first-order chi connectivity index (χ1) is 14.0. The van der Waals surface area contributed by atoms with Crippen molar-refractivity contribution >= 4 is 29.5 Å². The molecule has 0 atom stereocenters. The molecule has 0 heterocycles. The van der Waals surface area contributed by atoms with Crippen LogP contribution in [0.5, 0.6) is 11.5 Å². The van der Waals surface area contributed by atoms with Crippen LogP contribution in [-0.4, -0.2) is 24.4 Å². The molecule has 3 aromatic rings. The summed E-state index contributed by atoms with van der Waals surface area (Å²) in [6, 6.07) is 17.7. The van der Waals surface area contributed by atoms with Gasteiger partial charge in [-0.3, -0.25) is 4.99 Å². The van der Waals surface area contributed by atoms with Gasteiger partial charge in [0.2, 0.25) is 0 Å². The molecule has 148 valence electrons. The maximum Gasteiger partial charge on any atom is 0.335 e. The monoisotopic (exact) mass is 409 g/mol. The number of nitrogens with zero attached hydrogens (tertiary/aromatic N) is 1. The Balaban J connectivity index is 1.72. The summed E-state index contributed by atoms with van der Waals surface area (Å²) < 4.78 is 11.3. The summed E-state index contributed by atoms with van der Waals surface area (Å²) in [5.41, 5.74) is 3.80. The molecule has 0 saturated heterocycles. The van der Waals surface area contributed by atoms with Gasteiger partial charge in [-0.1, -0.05) is 29.8 Å². The van der Waals surface area contributed by atoms with E-state index in [0.717, 1.165) is 22.4 Å². The summed E-state index contributed by atoms with van der Waals surface area (Å²) in [4.78, 5) is 15.4. The number of hydrogen-bond acceptors (Lipinski definition) is 4. The number of aliphatic imine (C=N–C) groups is 1. The van der Waals surface area contributed by atoms with Crippen LogP contribution >= 0.6 is 11.6 Å². The number of halogens is 1. The second kappa shape index (κ2) is 9.26. The van der Waals surface area contributed by atoms with E-state index < -0.39 is 5.97 Å². The van der Waals surface area contributed by atoms with E-state index in [0.29, 0.717) is 23.1 Å². The largest absolute Gasteiger partial charge is 0.493 e. The number of aryl methyl sites for hydroxylation is 1. The third-order valence-electron chi connectivity index (χ3n) is 4.31. The zero-order valence-corrected chi connectivity index (χ0v) is 16.8. The molecule has 0 saturated carbocycles. The van der Waals surface area contributed by atoms with Crippen molar-refractivity contribution in [1.82, 2.24) is 0 Å². The lowest BCUT2D eigenvalue weighted by Crippen LogP contribution is -2.00. The Morgan fingerprint density at radius 2 is 1.83 bits per heavy atom. The van der Waals surface area contributed by atoms with Crippen LogP contribution < -0.4 is 9.47 Å². The maximum absolute atomic E-state index is 10.9. The second-order valence-corrected chi connectivity index (χ2v) is 6.83. The molecule has 6 heteroatoms. The average molecular weight is 410 g/mol. The van der Waals surface area contributed by atoms with Gasteiger partial charge >= 0.3 is 5.97 Å². The van der Waals surface area contributed by atoms with Crippen molar-refractivity contribution in [2.45, 2.75) is 13.5 Å². The zero-order chi connectivity index (χ0) is 20.8. The van der Waals surface area contributed by atoms with Gasteiger partial charge in [0.25, 0.3) is 0 Å². The number of methoxy groups -OCH3 is 1. The van der Waals surface area contributed by atoms with Crippen LogP contribution in [0.3, 0.4) is 0 Å². The van der Waals surface area contributed by atoms with E-state index in [4.69, 9.17) is 26.2 Å². The summed E-state index contributed by atoms with van der Waals surface area (Å²) in [7, 11) is 1.58. The average Bonchev–Trinajstić information content (AvgIpc) is 2.73. The molecule has 0 radical (unpaired) electrons. The predicted molar refractivity (Wildman–Crippen MR) is 114 cm³/mol. The van der Waals surface area contributed by atoms with E-state index in [1.54, 1.807) is 37.6 Å². The van der Waals surface area contributed by atoms with Gasteiger partial charge in [0.05, 0.1) is 18.4 Å². The van der Waals surface area contributed by atoms with Crippen molar-refractivity contribution in [1.29, 1.82) is 0 Å². The van der Waals surface area contributed by atoms with Crippen molar-refractivity contribution in [2.75, 3.05) is 7.11 Å². The third-order valence-corrected chi connectivity index (χ3v) is 4.54. The molecule has 0 spiro atoms. The fraction of sp³-hybridized carbons (Fsp3) is 0.130. The number of aromatic carboxylic acids is 1. The molecule has 0 aromatic heterocycles. The molecule has 0 unspecified atom stereocenters. The topological polar surface area (TPSA) is 68.1 Å². The first-order valence-corrected chi connectivity index (χ1v) is 9.27. The van der Waals surface area contributed by atoms with Crippen LogP contribution in [0.15, 0.2) is 65.7 Å². The first kappa shape index (κ1) is 20.4. The Labute approximate surface area is 174 Å². The molecule has 5 nitrogen and oxygen atoms in total. The van der Waals surface area contributed by atoms with Crippen molar-refractivity contribution in [3.63, 3.8) is 0 Å². The highest BCUT2D eigenvalue weighted by atomic mass is 35.5. The molecule has 0 aliphatic rings. The Hall–Kier alpha value is -3.31. The SMILES string of the molecule is COc1cc(C=Nc2cc(Cl)ccc2C)ccc1OCc1ccc(C(=O)O)cc1. The predicted octanol–water partition coefficient (Wildman–Crippen LogP) is 5.68. The molecular formula is C23H20ClNO4. The van der Waals surface area contributed by atoms with Gasteiger partial charge in [0.15, 0.2) is 11.5 Å². The lowest BCUT2D eigenvalue weighted by molar-refractivity contribution is 0.0697. The minimum Gasteiger partial charge on any atom is -0.493 e. The standard InChI is InChI=1S/C23H20ClNO4/c1-15-3-9-19(24)12-20(15)25-13-17-6-10-21(22(11-17)28-2)29-14-16-4-7-18(8-5-16)23(26)27/h3-13H,14H2,1-2H3,(H,26,27). The third kappa shape index (κ3) is 5.36. The zero-order valence-electron chi connectivity index (χ0n) is 16.1. The molecule has 0 aliphatic heterocycles. The number of rotatable bonds is 7. The van der Waals surface area contributed by atoms with Gasteiger partial charge in [-0.25, -0.2) is 4.79 Å². The molecule has 3 rings (SSSR count). The smallest absolute Gasteiger partial charge is 0.335 e. The van der Waals surface area contributed by atoms with E-state index in [9.17, 15) is 4.79 Å². The first-order valence-electron chi connectivity index (χ1n) is 8.89. The van der Waals surface area contributed by atoms with E-state index in [2.05, 4.69) is 4.99 Å². The number of benzene rings is 3. The van der Waals surface area contributed by atoms with Crippen LogP contribution in [0, 0.1) is 6.92 Å². The van der Waals surface area contributed by atoms with Crippen LogP contribution in [-0.2, 0) is 6.61 Å². The highest BCUT2D eigenvalue weighted by Crippen LogP contribution is 2.29. The fourth-order valence-corrected chi connectivity index (χ4v) is 2.82. The van der Waals surface area contributed by atoms with Crippen molar-refractivity contribution in [2.24, 2.45) is 4.99 Å². The van der Waals surface area contributed by atoms with E-state index in [1.165, 1.54) is 0 Å². The van der Waals surface area contributed by atoms with Gasteiger partial charge in [-0.15, -0.1) is 0 Å². The summed E-state index contributed by atoms with van der Waals surface area (Å²) in [6.45, 7) is 2.27. The summed E-state index contributed by atoms with van der Waals surface area (Å²) in [5.74, 6) is 0.217. The molecule has 29 heavy (non-hydrogen) atoms. The minimum absolute atomic E-state index is 0.241. The van der Waals surface area contributed by atoms with Crippen molar-refractivity contribution < 1.29 is 19.4 Å². The van der Waals surface area contributed by atoms with Crippen LogP contribution in [0.2, 0.25) is 5.02 Å². The Bertz CT molecular complexity index is 1050. The fourth-order valence-electron chi connectivity index (χ4n) is 2.65. The van der Waals surface area contributed by atoms with E-state index in [1.807, 2.05) is 43.3 Å². The van der Waals surface area contributed by atoms with E-state index >= 15 is 0 Å². The van der Waals surface area contributed by atoms with Crippen LogP contribution in [0.4, 0.5) is 5.69 Å². The lowest BCUT2D eigenvalue weighted by Gasteiger charge is -2.11. The maximum atomic E-state index is 10.9.